The molecule has 0 aromatic heterocycles. The van der Waals surface area contributed by atoms with Crippen molar-refractivity contribution in [1.82, 2.24) is 0 Å². The minimum Gasteiger partial charge on any atom is -0.364 e. The van der Waals surface area contributed by atoms with Gasteiger partial charge in [-0.1, -0.05) is 0 Å². The Bertz CT molecular complexity index is 455. The van der Waals surface area contributed by atoms with E-state index >= 15 is 0 Å². The Morgan fingerprint density at radius 2 is 2.06 bits per heavy atom. The zero-order valence-electron chi connectivity index (χ0n) is 8.78. The van der Waals surface area contributed by atoms with Crippen molar-refractivity contribution in [2.45, 2.75) is 18.1 Å². The van der Waals surface area contributed by atoms with Crippen LogP contribution in [-0.4, -0.2) is 23.2 Å². The second-order valence-electron chi connectivity index (χ2n) is 6.95. The maximum atomic E-state index is 10.9. The predicted octanol–water partition coefficient (Wildman–Crippen LogP) is 0.788. The Kier molecular flexibility index (Phi) is 0.832. The summed E-state index contributed by atoms with van der Waals surface area (Å²) in [5.41, 5.74) is -0.291. The van der Waals surface area contributed by atoms with Gasteiger partial charge in [0.1, 0.15) is 5.60 Å². The zero-order chi connectivity index (χ0) is 10.4. The van der Waals surface area contributed by atoms with E-state index in [9.17, 15) is 10.1 Å². The molecule has 4 heteroatoms. The molecule has 0 aromatic rings. The molecule has 4 unspecified atom stereocenters. The van der Waals surface area contributed by atoms with Crippen molar-refractivity contribution >= 4 is 0 Å². The minimum atomic E-state index is -0.291. The molecule has 7 rings (SSSR count). The van der Waals surface area contributed by atoms with Crippen LogP contribution < -0.4 is 0 Å². The molecule has 0 spiro atoms. The second-order valence-corrected chi connectivity index (χ2v) is 6.95. The van der Waals surface area contributed by atoms with E-state index in [1.807, 2.05) is 0 Å². The van der Waals surface area contributed by atoms with E-state index in [4.69, 9.17) is 4.74 Å². The van der Waals surface area contributed by atoms with Gasteiger partial charge in [0.15, 0.2) is 0 Å². The highest BCUT2D eigenvalue weighted by atomic mass is 16.6. The molecule has 2 heterocycles. The fourth-order valence-corrected chi connectivity index (χ4v) is 7.66. The van der Waals surface area contributed by atoms with E-state index in [0.717, 1.165) is 35.5 Å². The largest absolute Gasteiger partial charge is 0.364 e. The van der Waals surface area contributed by atoms with Crippen LogP contribution in [0.25, 0.3) is 0 Å². The summed E-state index contributed by atoms with van der Waals surface area (Å²) in [4.78, 5) is 10.8. The van der Waals surface area contributed by atoms with E-state index in [1.54, 1.807) is 0 Å². The molecule has 5 saturated carbocycles. The first-order valence-electron chi connectivity index (χ1n) is 6.54. The number of hydrogen-bond acceptors (Lipinski definition) is 3. The van der Waals surface area contributed by atoms with Crippen molar-refractivity contribution in [1.29, 1.82) is 0 Å². The van der Waals surface area contributed by atoms with Gasteiger partial charge in [0.25, 0.3) is 0 Å². The lowest BCUT2D eigenvalue weighted by Gasteiger charge is -2.44. The third kappa shape index (κ3) is 0.424. The van der Waals surface area contributed by atoms with Crippen LogP contribution in [0.5, 0.6) is 0 Å². The summed E-state index contributed by atoms with van der Waals surface area (Å²) >= 11 is 0. The van der Waals surface area contributed by atoms with Crippen molar-refractivity contribution in [2.75, 3.05) is 6.54 Å². The van der Waals surface area contributed by atoms with Crippen molar-refractivity contribution in [3.63, 3.8) is 0 Å². The van der Waals surface area contributed by atoms with Crippen molar-refractivity contribution in [3.05, 3.63) is 10.1 Å². The van der Waals surface area contributed by atoms with Crippen LogP contribution in [0, 0.1) is 57.5 Å². The molecule has 2 saturated heterocycles. The second kappa shape index (κ2) is 1.74. The van der Waals surface area contributed by atoms with Gasteiger partial charge in [0, 0.05) is 16.8 Å². The monoisotopic (exact) mass is 219 g/mol. The highest BCUT2D eigenvalue weighted by Crippen LogP contribution is 2.90. The Morgan fingerprint density at radius 1 is 1.19 bits per heavy atom. The lowest BCUT2D eigenvalue weighted by Crippen LogP contribution is -2.51. The van der Waals surface area contributed by atoms with Crippen LogP contribution in [0.3, 0.4) is 0 Å². The molecule has 4 bridgehead atoms. The lowest BCUT2D eigenvalue weighted by atomic mass is 9.57. The van der Waals surface area contributed by atoms with Gasteiger partial charge in [-0.05, 0) is 41.9 Å². The molecule has 5 aliphatic carbocycles. The fraction of sp³-hybridized carbons (Fsp3) is 1.00. The molecule has 0 aromatic carbocycles. The van der Waals surface area contributed by atoms with Crippen molar-refractivity contribution in [2.24, 2.45) is 47.3 Å². The first-order valence-corrected chi connectivity index (χ1v) is 6.54. The van der Waals surface area contributed by atoms with Gasteiger partial charge >= 0.3 is 0 Å². The minimum absolute atomic E-state index is 0.0955. The van der Waals surface area contributed by atoms with Crippen molar-refractivity contribution in [3.8, 4) is 0 Å². The molecule has 7 aliphatic rings. The number of nitrogens with zero attached hydrogens (tertiary/aromatic N) is 1. The molecule has 0 radical (unpaired) electrons. The summed E-state index contributed by atoms with van der Waals surface area (Å²) in [5.74, 6) is 6.13. The third-order valence-corrected chi connectivity index (χ3v) is 7.24. The van der Waals surface area contributed by atoms with Crippen LogP contribution in [-0.2, 0) is 4.74 Å². The SMILES string of the molecule is O=[N+]([O-])C[C@]12O[C@@H]3[C@@H]4C1C1C[C@@H]4[C@@H]4C1C2[C@H]34. The summed E-state index contributed by atoms with van der Waals surface area (Å²) in [6.45, 7) is 0.0955. The normalized spacial score (nSPS) is 77.9. The first-order chi connectivity index (χ1) is 7.74. The maximum Gasteiger partial charge on any atom is 0.233 e. The standard InChI is InChI=1S/C12H13NO3/c14-13(15)2-12-9-4-1-3-5-6(4)10(12)8(5)11(16-12)7(3)9/h3-11H,1-2H2/t3-,4?,5-,6?,7+,8-,9?,10?,11-,12+/m1/s1. The van der Waals surface area contributed by atoms with Crippen molar-refractivity contribution < 1.29 is 9.66 Å². The summed E-state index contributed by atoms with van der Waals surface area (Å²) < 4.78 is 6.22. The van der Waals surface area contributed by atoms with Gasteiger partial charge in [-0.25, -0.2) is 0 Å². The fourth-order valence-electron chi connectivity index (χ4n) is 7.66. The number of rotatable bonds is 2. The molecule has 10 atom stereocenters. The Hall–Kier alpha value is -0.640. The molecule has 84 valence electrons. The van der Waals surface area contributed by atoms with Crippen LogP contribution >= 0.6 is 0 Å². The summed E-state index contributed by atoms with van der Waals surface area (Å²) in [6, 6.07) is 0. The smallest absolute Gasteiger partial charge is 0.233 e. The van der Waals surface area contributed by atoms with Gasteiger partial charge in [0.2, 0.25) is 6.54 Å². The number of ether oxygens (including phenoxy) is 1. The first kappa shape index (κ1) is 7.64. The zero-order valence-corrected chi connectivity index (χ0v) is 8.78. The quantitative estimate of drug-likeness (QED) is 0.509. The van der Waals surface area contributed by atoms with Gasteiger partial charge < -0.3 is 4.74 Å². The highest BCUT2D eigenvalue weighted by molar-refractivity contribution is 5.39. The van der Waals surface area contributed by atoms with E-state index in [1.165, 1.54) is 6.42 Å². The summed E-state index contributed by atoms with van der Waals surface area (Å²) in [5, 5.41) is 10.9. The van der Waals surface area contributed by atoms with Gasteiger partial charge in [-0.3, -0.25) is 10.1 Å². The van der Waals surface area contributed by atoms with Gasteiger partial charge in [-0.2, -0.15) is 0 Å². The van der Waals surface area contributed by atoms with Crippen LogP contribution in [0.4, 0.5) is 0 Å². The molecular formula is C12H13NO3. The molecule has 16 heavy (non-hydrogen) atoms. The Labute approximate surface area is 92.5 Å². The molecule has 4 nitrogen and oxygen atoms in total. The molecule has 0 amide bonds. The summed E-state index contributed by atoms with van der Waals surface area (Å²) in [7, 11) is 0. The number of nitro groups is 1. The third-order valence-electron chi connectivity index (χ3n) is 7.24. The van der Waals surface area contributed by atoms with Crippen LogP contribution in [0.2, 0.25) is 0 Å². The van der Waals surface area contributed by atoms with Gasteiger partial charge in [0.05, 0.1) is 6.10 Å². The number of hydrogen-bond donors (Lipinski definition) is 0. The molecule has 7 fully saturated rings. The van der Waals surface area contributed by atoms with E-state index < -0.39 is 0 Å². The topological polar surface area (TPSA) is 52.4 Å². The predicted molar refractivity (Wildman–Crippen MR) is 52.0 cm³/mol. The average molecular weight is 219 g/mol. The summed E-state index contributed by atoms with van der Waals surface area (Å²) in [6.07, 6.45) is 1.82. The highest BCUT2D eigenvalue weighted by Gasteiger charge is 2.93. The van der Waals surface area contributed by atoms with E-state index in [-0.39, 0.29) is 17.1 Å². The maximum absolute atomic E-state index is 10.9. The van der Waals surface area contributed by atoms with E-state index in [2.05, 4.69) is 0 Å². The van der Waals surface area contributed by atoms with E-state index in [0.29, 0.717) is 17.9 Å². The molecular weight excluding hydrogens is 206 g/mol. The van der Waals surface area contributed by atoms with Crippen LogP contribution in [0.1, 0.15) is 6.42 Å². The molecule has 0 N–H and O–H groups in total. The average Bonchev–Trinajstić information content (AvgIpc) is 2.73. The van der Waals surface area contributed by atoms with Crippen LogP contribution in [0.15, 0.2) is 0 Å². The van der Waals surface area contributed by atoms with Gasteiger partial charge in [-0.15, -0.1) is 0 Å². The molecule has 2 aliphatic heterocycles. The Morgan fingerprint density at radius 3 is 2.88 bits per heavy atom. The Balaban J connectivity index is 1.62. The lowest BCUT2D eigenvalue weighted by molar-refractivity contribution is -0.503.